The van der Waals surface area contributed by atoms with Gasteiger partial charge in [-0.15, -0.1) is 46.4 Å². The van der Waals surface area contributed by atoms with Gasteiger partial charge in [0, 0.05) is 16.0 Å². The molecule has 0 amide bonds. The molecule has 0 heterocycles. The van der Waals surface area contributed by atoms with Crippen molar-refractivity contribution >= 4 is 69.6 Å². The molecule has 0 aromatic heterocycles. The maximum absolute atomic E-state index is 6.73. The second-order valence-electron chi connectivity index (χ2n) is 4.92. The summed E-state index contributed by atoms with van der Waals surface area (Å²) in [6, 6.07) is 0. The third-order valence-electron chi connectivity index (χ3n) is 3.55. The van der Waals surface area contributed by atoms with Gasteiger partial charge in [0.25, 0.3) is 0 Å². The highest BCUT2D eigenvalue weighted by atomic mass is 35.5. The normalized spacial score (nSPS) is 35.0. The molecule has 0 N–H and O–H groups in total. The Bertz CT molecular complexity index is 462. The summed E-state index contributed by atoms with van der Waals surface area (Å²) in [5.41, 5.74) is 0. The predicted molar refractivity (Wildman–Crippen MR) is 91.5 cm³/mol. The van der Waals surface area contributed by atoms with Gasteiger partial charge in [0.1, 0.15) is 4.84 Å². The van der Waals surface area contributed by atoms with E-state index in [-0.39, 0.29) is 0 Å². The van der Waals surface area contributed by atoms with Crippen molar-refractivity contribution in [1.29, 1.82) is 0 Å². The van der Waals surface area contributed by atoms with Crippen LogP contribution in [0.25, 0.3) is 0 Å². The van der Waals surface area contributed by atoms with E-state index in [0.717, 1.165) is 0 Å². The summed E-state index contributed by atoms with van der Waals surface area (Å²) in [4.78, 5) is -2.29. The number of rotatable bonds is 3. The molecular formula is C14H12Cl6. The van der Waals surface area contributed by atoms with Gasteiger partial charge in [-0.1, -0.05) is 47.5 Å². The van der Waals surface area contributed by atoms with Gasteiger partial charge in [-0.3, -0.25) is 0 Å². The molecule has 0 aromatic rings. The fourth-order valence-corrected chi connectivity index (χ4v) is 4.91. The Morgan fingerprint density at radius 3 is 1.50 bits per heavy atom. The van der Waals surface area contributed by atoms with Gasteiger partial charge in [0.15, 0.2) is 0 Å². The number of allylic oxidation sites excluding steroid dienone is 8. The van der Waals surface area contributed by atoms with Crippen molar-refractivity contribution < 1.29 is 0 Å². The number of halogens is 6. The summed E-state index contributed by atoms with van der Waals surface area (Å²) in [5, 5.41) is 1.29. The van der Waals surface area contributed by atoms with Crippen LogP contribution in [0.5, 0.6) is 0 Å². The average Bonchev–Trinajstić information content (AvgIpc) is 2.37. The second-order valence-corrected chi connectivity index (χ2v) is 8.36. The first-order valence-corrected chi connectivity index (χ1v) is 8.41. The molecule has 0 saturated heterocycles. The molecule has 0 radical (unpaired) electrons. The lowest BCUT2D eigenvalue weighted by atomic mass is 9.75. The van der Waals surface area contributed by atoms with E-state index < -0.39 is 20.5 Å². The molecule has 0 fully saturated rings. The summed E-state index contributed by atoms with van der Waals surface area (Å²) < 4.78 is 0. The van der Waals surface area contributed by atoms with E-state index in [0.29, 0.717) is 22.9 Å². The van der Waals surface area contributed by atoms with E-state index >= 15 is 0 Å². The van der Waals surface area contributed by atoms with Crippen molar-refractivity contribution in [3.63, 3.8) is 0 Å². The lowest BCUT2D eigenvalue weighted by Crippen LogP contribution is -2.48. The summed E-state index contributed by atoms with van der Waals surface area (Å²) in [6.45, 7) is 0. The third-order valence-corrected chi connectivity index (χ3v) is 5.64. The van der Waals surface area contributed by atoms with Gasteiger partial charge >= 0.3 is 0 Å². The number of alkyl halides is 4. The molecule has 6 heteroatoms. The molecule has 2 aliphatic carbocycles. The van der Waals surface area contributed by atoms with Gasteiger partial charge in [0.2, 0.25) is 0 Å². The Morgan fingerprint density at radius 2 is 1.25 bits per heavy atom. The molecule has 0 nitrogen and oxygen atoms in total. The Hall–Kier alpha value is 0.700. The molecule has 20 heavy (non-hydrogen) atoms. The fourth-order valence-electron chi connectivity index (χ4n) is 2.50. The van der Waals surface area contributed by atoms with Gasteiger partial charge in [-0.2, -0.15) is 0 Å². The largest absolute Gasteiger partial charge is 0.114 e. The summed E-state index contributed by atoms with van der Waals surface area (Å²) in [5.74, 6) is -0.392. The van der Waals surface area contributed by atoms with Crippen LogP contribution < -0.4 is 0 Å². The smallest absolute Gasteiger partial charge is 0.114 e. The van der Waals surface area contributed by atoms with Crippen LogP contribution in [0.3, 0.4) is 0 Å². The minimum Gasteiger partial charge on any atom is -0.114 e. The molecule has 2 atom stereocenters. The van der Waals surface area contributed by atoms with E-state index in [2.05, 4.69) is 0 Å². The Labute approximate surface area is 149 Å². The molecule has 2 aliphatic rings. The van der Waals surface area contributed by atoms with Gasteiger partial charge < -0.3 is 0 Å². The van der Waals surface area contributed by atoms with E-state index in [9.17, 15) is 0 Å². The Balaban J connectivity index is 2.34. The minimum absolute atomic E-state index is 0.392. The van der Waals surface area contributed by atoms with Crippen molar-refractivity contribution in [2.24, 2.45) is 5.92 Å². The monoisotopic (exact) mass is 390 g/mol. The maximum atomic E-state index is 6.73. The summed E-state index contributed by atoms with van der Waals surface area (Å²) >= 11 is 37.7. The quantitative estimate of drug-likeness (QED) is 0.479. The second kappa shape index (κ2) is 6.44. The topological polar surface area (TPSA) is 0 Å². The molecular weight excluding hydrogens is 381 g/mol. The molecule has 0 aliphatic heterocycles. The zero-order valence-electron chi connectivity index (χ0n) is 10.3. The van der Waals surface area contributed by atoms with Gasteiger partial charge in [-0.25, -0.2) is 0 Å². The van der Waals surface area contributed by atoms with Crippen LogP contribution in [0.1, 0.15) is 12.8 Å². The first kappa shape index (κ1) is 17.1. The zero-order chi connectivity index (χ0) is 15.0. The molecule has 110 valence electrons. The van der Waals surface area contributed by atoms with E-state index in [1.165, 1.54) is 0 Å². The highest BCUT2D eigenvalue weighted by Gasteiger charge is 2.50. The van der Waals surface area contributed by atoms with Crippen molar-refractivity contribution in [3.8, 4) is 0 Å². The van der Waals surface area contributed by atoms with Crippen LogP contribution >= 0.6 is 69.6 Å². The van der Waals surface area contributed by atoms with E-state index in [4.69, 9.17) is 69.6 Å². The fraction of sp³-hybridized carbons (Fsp3) is 0.429. The number of hydrogen-bond acceptors (Lipinski definition) is 0. The van der Waals surface area contributed by atoms with Gasteiger partial charge in [0.05, 0.1) is 9.75 Å². The van der Waals surface area contributed by atoms with Gasteiger partial charge in [-0.05, 0) is 25.0 Å². The molecule has 0 saturated carbocycles. The van der Waals surface area contributed by atoms with Crippen LogP contribution in [0.2, 0.25) is 0 Å². The summed E-state index contributed by atoms with van der Waals surface area (Å²) in [7, 11) is 0. The van der Waals surface area contributed by atoms with Crippen molar-refractivity contribution in [2.75, 3.05) is 0 Å². The maximum Gasteiger partial charge on any atom is 0.114 e. The van der Waals surface area contributed by atoms with E-state index in [1.807, 2.05) is 24.3 Å². The number of hydrogen-bond donors (Lipinski definition) is 0. The lowest BCUT2D eigenvalue weighted by molar-refractivity contribution is 0.370. The molecule has 0 bridgehead atoms. The summed E-state index contributed by atoms with van der Waals surface area (Å²) in [6.07, 6.45) is 11.8. The Morgan fingerprint density at radius 1 is 0.850 bits per heavy atom. The first-order chi connectivity index (χ1) is 9.27. The highest BCUT2D eigenvalue weighted by Crippen LogP contribution is 2.51. The molecule has 0 spiro atoms. The molecule has 2 rings (SSSR count). The van der Waals surface area contributed by atoms with Crippen LogP contribution in [0, 0.1) is 5.92 Å². The van der Waals surface area contributed by atoms with Crippen LogP contribution in [0.15, 0.2) is 46.5 Å². The molecule has 0 aromatic carbocycles. The minimum atomic E-state index is -0.781. The first-order valence-electron chi connectivity index (χ1n) is 6.03. The zero-order valence-corrected chi connectivity index (χ0v) is 14.8. The predicted octanol–water partition coefficient (Wildman–Crippen LogP) is 6.53. The third kappa shape index (κ3) is 3.54. The molecule has 2 unspecified atom stereocenters. The van der Waals surface area contributed by atoms with Crippen molar-refractivity contribution in [1.82, 2.24) is 0 Å². The highest BCUT2D eigenvalue weighted by molar-refractivity contribution is 6.46. The lowest BCUT2D eigenvalue weighted by Gasteiger charge is -2.44. The van der Waals surface area contributed by atoms with Crippen LogP contribution in [0.4, 0.5) is 0 Å². The standard InChI is InChI=1S/C14H12Cl6/c15-9-1-5-13(19,6-2-9)11(12(17)18)14(20)7-3-10(16)4-8-14/h1-5,7,11-12H,6,8H2. The van der Waals surface area contributed by atoms with Crippen LogP contribution in [-0.2, 0) is 0 Å². The SMILES string of the molecule is ClC1=CCC(Cl)(C(C(Cl)Cl)C2(Cl)C=CC(Cl)=CC2)C=C1. The van der Waals surface area contributed by atoms with E-state index in [1.54, 1.807) is 12.2 Å². The van der Waals surface area contributed by atoms with Crippen molar-refractivity contribution in [2.45, 2.75) is 27.4 Å². The van der Waals surface area contributed by atoms with Crippen molar-refractivity contribution in [3.05, 3.63) is 46.5 Å². The Kier molecular flexibility index (Phi) is 5.50. The van der Waals surface area contributed by atoms with Crippen LogP contribution in [-0.4, -0.2) is 14.6 Å². The average molecular weight is 393 g/mol.